The SMILES string of the molecule is CCCCCCCOC(=O)C(C)CCCCCCC. The lowest BCUT2D eigenvalue weighted by Crippen LogP contribution is -2.15. The molecule has 114 valence electrons. The number of hydrogen-bond acceptors (Lipinski definition) is 2. The van der Waals surface area contributed by atoms with E-state index in [0.717, 1.165) is 19.3 Å². The van der Waals surface area contributed by atoms with Gasteiger partial charge in [0.05, 0.1) is 12.5 Å². The van der Waals surface area contributed by atoms with Gasteiger partial charge in [0.15, 0.2) is 0 Å². The molecule has 0 saturated carbocycles. The Labute approximate surface area is 120 Å². The summed E-state index contributed by atoms with van der Waals surface area (Å²) in [7, 11) is 0. The van der Waals surface area contributed by atoms with E-state index in [4.69, 9.17) is 4.74 Å². The first-order valence-electron chi connectivity index (χ1n) is 8.39. The van der Waals surface area contributed by atoms with E-state index in [2.05, 4.69) is 13.8 Å². The molecule has 0 aliphatic heterocycles. The van der Waals surface area contributed by atoms with Crippen LogP contribution in [0, 0.1) is 5.92 Å². The normalized spacial score (nSPS) is 12.4. The zero-order valence-corrected chi connectivity index (χ0v) is 13.4. The van der Waals surface area contributed by atoms with E-state index in [-0.39, 0.29) is 11.9 Å². The molecule has 0 aliphatic carbocycles. The number of hydrogen-bond donors (Lipinski definition) is 0. The van der Waals surface area contributed by atoms with Gasteiger partial charge in [0.2, 0.25) is 0 Å². The van der Waals surface area contributed by atoms with Crippen molar-refractivity contribution in [2.75, 3.05) is 6.61 Å². The third kappa shape index (κ3) is 12.3. The molecule has 0 radical (unpaired) electrons. The lowest BCUT2D eigenvalue weighted by atomic mass is 10.0. The number of carbonyl (C=O) groups is 1. The number of esters is 1. The van der Waals surface area contributed by atoms with Gasteiger partial charge in [-0.15, -0.1) is 0 Å². The fourth-order valence-corrected chi connectivity index (χ4v) is 2.19. The monoisotopic (exact) mass is 270 g/mol. The van der Waals surface area contributed by atoms with Crippen LogP contribution >= 0.6 is 0 Å². The van der Waals surface area contributed by atoms with Gasteiger partial charge in [-0.3, -0.25) is 4.79 Å². The lowest BCUT2D eigenvalue weighted by molar-refractivity contribution is -0.148. The molecule has 0 bridgehead atoms. The van der Waals surface area contributed by atoms with E-state index in [1.165, 1.54) is 51.4 Å². The first kappa shape index (κ1) is 18.5. The summed E-state index contributed by atoms with van der Waals surface area (Å²) in [6.45, 7) is 7.05. The van der Waals surface area contributed by atoms with Crippen molar-refractivity contribution in [1.29, 1.82) is 0 Å². The second kappa shape index (κ2) is 13.9. The number of carbonyl (C=O) groups excluding carboxylic acids is 1. The predicted octanol–water partition coefficient (Wildman–Crippen LogP) is 5.50. The predicted molar refractivity (Wildman–Crippen MR) is 82.3 cm³/mol. The van der Waals surface area contributed by atoms with Crippen LogP contribution in [0.5, 0.6) is 0 Å². The summed E-state index contributed by atoms with van der Waals surface area (Å²) in [5.74, 6) is 0.0863. The molecule has 19 heavy (non-hydrogen) atoms. The Kier molecular flexibility index (Phi) is 13.5. The standard InChI is InChI=1S/C17H34O2/c1-4-6-8-10-12-14-16(3)17(18)19-15-13-11-9-7-5-2/h16H,4-15H2,1-3H3. The molecular weight excluding hydrogens is 236 g/mol. The molecule has 0 fully saturated rings. The highest BCUT2D eigenvalue weighted by Crippen LogP contribution is 2.13. The maximum absolute atomic E-state index is 11.7. The van der Waals surface area contributed by atoms with Crippen molar-refractivity contribution < 1.29 is 9.53 Å². The highest BCUT2D eigenvalue weighted by molar-refractivity contribution is 5.71. The van der Waals surface area contributed by atoms with Crippen LogP contribution in [0.25, 0.3) is 0 Å². The van der Waals surface area contributed by atoms with E-state index in [1.807, 2.05) is 6.92 Å². The van der Waals surface area contributed by atoms with E-state index in [9.17, 15) is 4.79 Å². The first-order chi connectivity index (χ1) is 9.22. The molecule has 0 rings (SSSR count). The van der Waals surface area contributed by atoms with Gasteiger partial charge < -0.3 is 4.74 Å². The summed E-state index contributed by atoms with van der Waals surface area (Å²) >= 11 is 0. The molecule has 0 amide bonds. The Bertz CT molecular complexity index is 201. The van der Waals surface area contributed by atoms with Crippen molar-refractivity contribution in [2.24, 2.45) is 5.92 Å². The van der Waals surface area contributed by atoms with E-state index in [1.54, 1.807) is 0 Å². The van der Waals surface area contributed by atoms with Crippen LogP contribution in [0.2, 0.25) is 0 Å². The third-order valence-electron chi connectivity index (χ3n) is 3.64. The second-order valence-corrected chi connectivity index (χ2v) is 5.69. The minimum absolute atomic E-state index is 0.00554. The smallest absolute Gasteiger partial charge is 0.308 e. The van der Waals surface area contributed by atoms with Gasteiger partial charge in [0.1, 0.15) is 0 Å². The van der Waals surface area contributed by atoms with Crippen LogP contribution in [-0.4, -0.2) is 12.6 Å². The number of unbranched alkanes of at least 4 members (excludes halogenated alkanes) is 8. The highest BCUT2D eigenvalue weighted by atomic mass is 16.5. The van der Waals surface area contributed by atoms with Gasteiger partial charge in [-0.25, -0.2) is 0 Å². The molecule has 0 spiro atoms. The molecule has 0 aromatic carbocycles. The van der Waals surface area contributed by atoms with Crippen LogP contribution in [-0.2, 0) is 9.53 Å². The molecule has 0 heterocycles. The molecule has 0 aromatic rings. The maximum atomic E-state index is 11.7. The Morgan fingerprint density at radius 3 is 1.95 bits per heavy atom. The summed E-state index contributed by atoms with van der Waals surface area (Å²) < 4.78 is 5.32. The van der Waals surface area contributed by atoms with Crippen molar-refractivity contribution in [3.63, 3.8) is 0 Å². The van der Waals surface area contributed by atoms with Gasteiger partial charge in [0.25, 0.3) is 0 Å². The Morgan fingerprint density at radius 2 is 1.37 bits per heavy atom. The molecular formula is C17H34O2. The third-order valence-corrected chi connectivity index (χ3v) is 3.64. The number of rotatable bonds is 13. The van der Waals surface area contributed by atoms with Crippen LogP contribution in [0.1, 0.15) is 91.4 Å². The lowest BCUT2D eigenvalue weighted by Gasteiger charge is -2.11. The van der Waals surface area contributed by atoms with Crippen LogP contribution < -0.4 is 0 Å². The van der Waals surface area contributed by atoms with Crippen molar-refractivity contribution in [3.8, 4) is 0 Å². The minimum Gasteiger partial charge on any atom is -0.465 e. The topological polar surface area (TPSA) is 26.3 Å². The summed E-state index contributed by atoms with van der Waals surface area (Å²) in [6.07, 6.45) is 13.3. The highest BCUT2D eigenvalue weighted by Gasteiger charge is 2.13. The summed E-state index contributed by atoms with van der Waals surface area (Å²) in [5.41, 5.74) is 0. The van der Waals surface area contributed by atoms with Gasteiger partial charge in [-0.2, -0.15) is 0 Å². The first-order valence-corrected chi connectivity index (χ1v) is 8.39. The fraction of sp³-hybridized carbons (Fsp3) is 0.941. The largest absolute Gasteiger partial charge is 0.465 e. The Balaban J connectivity index is 3.38. The van der Waals surface area contributed by atoms with Crippen LogP contribution in [0.4, 0.5) is 0 Å². The van der Waals surface area contributed by atoms with Crippen molar-refractivity contribution in [1.82, 2.24) is 0 Å². The van der Waals surface area contributed by atoms with Gasteiger partial charge in [0, 0.05) is 0 Å². The Morgan fingerprint density at radius 1 is 0.842 bits per heavy atom. The molecule has 0 aliphatic rings. The molecule has 0 aromatic heterocycles. The second-order valence-electron chi connectivity index (χ2n) is 5.69. The van der Waals surface area contributed by atoms with Crippen molar-refractivity contribution in [3.05, 3.63) is 0 Å². The Hall–Kier alpha value is -0.530. The van der Waals surface area contributed by atoms with Gasteiger partial charge >= 0.3 is 5.97 Å². The van der Waals surface area contributed by atoms with Crippen LogP contribution in [0.15, 0.2) is 0 Å². The summed E-state index contributed by atoms with van der Waals surface area (Å²) in [5, 5.41) is 0. The van der Waals surface area contributed by atoms with Crippen LogP contribution in [0.3, 0.4) is 0 Å². The zero-order valence-electron chi connectivity index (χ0n) is 13.4. The average molecular weight is 270 g/mol. The summed E-state index contributed by atoms with van der Waals surface area (Å²) in [4.78, 5) is 11.7. The zero-order chi connectivity index (χ0) is 14.3. The van der Waals surface area contributed by atoms with E-state index < -0.39 is 0 Å². The van der Waals surface area contributed by atoms with Crippen molar-refractivity contribution in [2.45, 2.75) is 91.4 Å². The van der Waals surface area contributed by atoms with E-state index >= 15 is 0 Å². The molecule has 2 nitrogen and oxygen atoms in total. The molecule has 0 saturated heterocycles. The molecule has 1 atom stereocenters. The van der Waals surface area contributed by atoms with Gasteiger partial charge in [-0.05, 0) is 12.8 Å². The number of ether oxygens (including phenoxy) is 1. The fourth-order valence-electron chi connectivity index (χ4n) is 2.19. The van der Waals surface area contributed by atoms with Crippen molar-refractivity contribution >= 4 is 5.97 Å². The minimum atomic E-state index is 0.00554. The molecule has 0 N–H and O–H groups in total. The van der Waals surface area contributed by atoms with Gasteiger partial charge in [-0.1, -0.05) is 78.6 Å². The maximum Gasteiger partial charge on any atom is 0.308 e. The molecule has 2 heteroatoms. The summed E-state index contributed by atoms with van der Waals surface area (Å²) in [6, 6.07) is 0. The average Bonchev–Trinajstić information content (AvgIpc) is 2.42. The molecule has 1 unspecified atom stereocenters. The van der Waals surface area contributed by atoms with E-state index in [0.29, 0.717) is 6.61 Å². The quantitative estimate of drug-likeness (QED) is 0.326.